The van der Waals surface area contributed by atoms with E-state index in [4.69, 9.17) is 0 Å². The maximum absolute atomic E-state index is 13.2. The van der Waals surface area contributed by atoms with Crippen LogP contribution in [0.1, 0.15) is 62.8 Å². The van der Waals surface area contributed by atoms with Crippen molar-refractivity contribution in [2.24, 2.45) is 0 Å². The maximum Gasteiger partial charge on any atom is 0.261 e. The van der Waals surface area contributed by atoms with E-state index in [0.717, 1.165) is 24.9 Å². The van der Waals surface area contributed by atoms with Crippen LogP contribution in [-0.2, 0) is 11.3 Å². The summed E-state index contributed by atoms with van der Waals surface area (Å²) in [5.41, 5.74) is 2.10. The van der Waals surface area contributed by atoms with Crippen molar-refractivity contribution in [2.75, 3.05) is 39.3 Å². The predicted molar refractivity (Wildman–Crippen MR) is 134 cm³/mol. The highest BCUT2D eigenvalue weighted by molar-refractivity contribution is 6.21. The average molecular weight is 489 g/mol. The first-order chi connectivity index (χ1) is 17.4. The van der Waals surface area contributed by atoms with Gasteiger partial charge in [0.2, 0.25) is 5.91 Å². The number of carbonyl (C=O) groups is 4. The Labute approximate surface area is 211 Å². The minimum atomic E-state index is -0.308. The molecule has 0 aliphatic carbocycles. The fraction of sp³-hybridized carbons (Fsp3) is 0.429. The van der Waals surface area contributed by atoms with E-state index in [1.54, 1.807) is 42.5 Å². The molecule has 1 atom stereocenters. The molecule has 5 rings (SSSR count). The molecular weight excluding hydrogens is 456 g/mol. The maximum atomic E-state index is 13.2. The van der Waals surface area contributed by atoms with Crippen molar-refractivity contribution in [1.29, 1.82) is 0 Å². The first kappa shape index (κ1) is 24.2. The molecule has 0 spiro atoms. The summed E-state index contributed by atoms with van der Waals surface area (Å²) in [4.78, 5) is 58.5. The summed E-state index contributed by atoms with van der Waals surface area (Å²) in [5.74, 6) is -0.508. The van der Waals surface area contributed by atoms with Crippen LogP contribution in [0.4, 0.5) is 0 Å². The third-order valence-electron chi connectivity index (χ3n) is 7.53. The van der Waals surface area contributed by atoms with Crippen molar-refractivity contribution in [2.45, 2.75) is 38.8 Å². The molecule has 4 amide bonds. The van der Waals surface area contributed by atoms with Gasteiger partial charge in [-0.15, -0.1) is 0 Å². The summed E-state index contributed by atoms with van der Waals surface area (Å²) >= 11 is 0. The van der Waals surface area contributed by atoms with Crippen LogP contribution in [0, 0.1) is 0 Å². The Balaban J connectivity index is 1.17. The first-order valence-corrected chi connectivity index (χ1v) is 12.8. The number of piperazine rings is 1. The van der Waals surface area contributed by atoms with Crippen LogP contribution in [0.25, 0.3) is 0 Å². The summed E-state index contributed by atoms with van der Waals surface area (Å²) in [6.07, 6.45) is 3.33. The number of likely N-dealkylation sites (tertiary alicyclic amines) is 1. The Kier molecular flexibility index (Phi) is 6.87. The number of piperidine rings is 1. The van der Waals surface area contributed by atoms with Gasteiger partial charge in [-0.2, -0.15) is 0 Å². The Morgan fingerprint density at radius 3 is 2.22 bits per heavy atom. The van der Waals surface area contributed by atoms with Crippen LogP contribution in [-0.4, -0.2) is 88.5 Å². The minimum absolute atomic E-state index is 0.0742. The van der Waals surface area contributed by atoms with Gasteiger partial charge in [0.05, 0.1) is 24.2 Å². The van der Waals surface area contributed by atoms with Gasteiger partial charge in [0.25, 0.3) is 17.7 Å². The molecule has 1 unspecified atom stereocenters. The first-order valence-electron chi connectivity index (χ1n) is 12.8. The molecular formula is C28H32N4O4. The second-order valence-electron chi connectivity index (χ2n) is 9.94. The van der Waals surface area contributed by atoms with E-state index in [9.17, 15) is 19.2 Å². The van der Waals surface area contributed by atoms with Gasteiger partial charge in [-0.05, 0) is 56.0 Å². The molecule has 0 radical (unpaired) electrons. The lowest BCUT2D eigenvalue weighted by Gasteiger charge is -2.38. The fourth-order valence-electron chi connectivity index (χ4n) is 5.41. The lowest BCUT2D eigenvalue weighted by Crippen LogP contribution is -2.53. The highest BCUT2D eigenvalue weighted by Gasteiger charge is 2.35. The van der Waals surface area contributed by atoms with Gasteiger partial charge >= 0.3 is 0 Å². The standard InChI is InChI=1S/C28H32N4O4/c1-20-7-4-5-12-31(20)25(33)19-29-13-15-30(16-14-29)26(34)22-9-6-8-21(17-22)18-32-27(35)23-10-2-3-11-24(23)28(32)36/h2-3,6,8-11,17,20H,4-5,7,12-16,18-19H2,1H3. The molecule has 2 aromatic carbocycles. The molecule has 0 aromatic heterocycles. The highest BCUT2D eigenvalue weighted by Crippen LogP contribution is 2.25. The van der Waals surface area contributed by atoms with Gasteiger partial charge in [-0.1, -0.05) is 24.3 Å². The molecule has 0 N–H and O–H groups in total. The third kappa shape index (κ3) is 4.78. The van der Waals surface area contributed by atoms with Gasteiger partial charge < -0.3 is 9.80 Å². The molecule has 2 saturated heterocycles. The summed E-state index contributed by atoms with van der Waals surface area (Å²) in [6, 6.07) is 14.3. The number of hydrogen-bond donors (Lipinski definition) is 0. The van der Waals surface area contributed by atoms with Crippen LogP contribution < -0.4 is 0 Å². The van der Waals surface area contributed by atoms with Gasteiger partial charge in [-0.3, -0.25) is 29.0 Å². The largest absolute Gasteiger partial charge is 0.339 e. The summed E-state index contributed by atoms with van der Waals surface area (Å²) in [6.45, 7) is 5.93. The predicted octanol–water partition coefficient (Wildman–Crippen LogP) is 2.64. The Hall–Kier alpha value is -3.52. The molecule has 2 aromatic rings. The van der Waals surface area contributed by atoms with Gasteiger partial charge in [-0.25, -0.2) is 0 Å². The zero-order chi connectivity index (χ0) is 25.2. The van der Waals surface area contributed by atoms with Crippen LogP contribution in [0.3, 0.4) is 0 Å². The molecule has 2 fully saturated rings. The van der Waals surface area contributed by atoms with Crippen molar-refractivity contribution < 1.29 is 19.2 Å². The second-order valence-corrected chi connectivity index (χ2v) is 9.94. The Bertz CT molecular complexity index is 1150. The quantitative estimate of drug-likeness (QED) is 0.605. The fourth-order valence-corrected chi connectivity index (χ4v) is 5.41. The molecule has 3 heterocycles. The molecule has 36 heavy (non-hydrogen) atoms. The van der Waals surface area contributed by atoms with Crippen molar-refractivity contribution in [1.82, 2.24) is 19.6 Å². The van der Waals surface area contributed by atoms with Crippen LogP contribution in [0.2, 0.25) is 0 Å². The van der Waals surface area contributed by atoms with Gasteiger partial charge in [0, 0.05) is 44.3 Å². The van der Waals surface area contributed by atoms with Crippen molar-refractivity contribution in [3.63, 3.8) is 0 Å². The van der Waals surface area contributed by atoms with E-state index in [1.165, 1.54) is 11.3 Å². The Morgan fingerprint density at radius 1 is 0.861 bits per heavy atom. The number of fused-ring (bicyclic) bond motifs is 1. The van der Waals surface area contributed by atoms with Gasteiger partial charge in [0.1, 0.15) is 0 Å². The van der Waals surface area contributed by atoms with E-state index in [2.05, 4.69) is 11.8 Å². The average Bonchev–Trinajstić information content (AvgIpc) is 3.14. The van der Waals surface area contributed by atoms with E-state index >= 15 is 0 Å². The van der Waals surface area contributed by atoms with E-state index < -0.39 is 0 Å². The van der Waals surface area contributed by atoms with Crippen LogP contribution in [0.15, 0.2) is 48.5 Å². The number of carbonyl (C=O) groups excluding carboxylic acids is 4. The lowest BCUT2D eigenvalue weighted by atomic mass is 10.0. The number of hydrogen-bond acceptors (Lipinski definition) is 5. The molecule has 0 bridgehead atoms. The number of nitrogens with zero attached hydrogens (tertiary/aromatic N) is 4. The Morgan fingerprint density at radius 2 is 1.56 bits per heavy atom. The molecule has 3 aliphatic heterocycles. The van der Waals surface area contributed by atoms with Crippen molar-refractivity contribution in [3.8, 4) is 0 Å². The number of imide groups is 1. The normalized spacial score (nSPS) is 20.6. The topological polar surface area (TPSA) is 81.2 Å². The highest BCUT2D eigenvalue weighted by atomic mass is 16.2. The molecule has 0 saturated carbocycles. The van der Waals surface area contributed by atoms with Crippen molar-refractivity contribution >= 4 is 23.6 Å². The second kappa shape index (κ2) is 10.2. The SMILES string of the molecule is CC1CCCCN1C(=O)CN1CCN(C(=O)c2cccc(CN3C(=O)c4ccccc4C3=O)c2)CC1. The molecule has 8 nitrogen and oxygen atoms in total. The van der Waals surface area contributed by atoms with E-state index in [0.29, 0.717) is 55.5 Å². The molecule has 188 valence electrons. The third-order valence-corrected chi connectivity index (χ3v) is 7.53. The van der Waals surface area contributed by atoms with Crippen LogP contribution >= 0.6 is 0 Å². The minimum Gasteiger partial charge on any atom is -0.339 e. The lowest BCUT2D eigenvalue weighted by molar-refractivity contribution is -0.136. The monoisotopic (exact) mass is 488 g/mol. The molecule has 3 aliphatic rings. The smallest absolute Gasteiger partial charge is 0.261 e. The zero-order valence-electron chi connectivity index (χ0n) is 20.7. The number of rotatable bonds is 5. The summed E-state index contributed by atoms with van der Waals surface area (Å²) < 4.78 is 0. The summed E-state index contributed by atoms with van der Waals surface area (Å²) in [5, 5.41) is 0. The summed E-state index contributed by atoms with van der Waals surface area (Å²) in [7, 11) is 0. The number of benzene rings is 2. The van der Waals surface area contributed by atoms with E-state index in [1.807, 2.05) is 15.9 Å². The van der Waals surface area contributed by atoms with E-state index in [-0.39, 0.29) is 30.2 Å². The van der Waals surface area contributed by atoms with Crippen LogP contribution in [0.5, 0.6) is 0 Å². The number of amides is 4. The van der Waals surface area contributed by atoms with Crippen molar-refractivity contribution in [3.05, 3.63) is 70.8 Å². The zero-order valence-corrected chi connectivity index (χ0v) is 20.7. The molecule has 8 heteroatoms. The van der Waals surface area contributed by atoms with Gasteiger partial charge in [0.15, 0.2) is 0 Å².